The van der Waals surface area contributed by atoms with Crippen LogP contribution in [0, 0.1) is 5.82 Å². The Morgan fingerprint density at radius 2 is 1.63 bits per heavy atom. The van der Waals surface area contributed by atoms with Crippen LogP contribution in [0.5, 0.6) is 0 Å². The molecule has 2 aromatic rings. The number of nitrogens with zero attached hydrogens (tertiary/aromatic N) is 4. The fourth-order valence-corrected chi connectivity index (χ4v) is 3.04. The van der Waals surface area contributed by atoms with Gasteiger partial charge in [0.2, 0.25) is 17.8 Å². The number of nitrogens with one attached hydrogen (secondary N) is 2. The van der Waals surface area contributed by atoms with Gasteiger partial charge in [-0.25, -0.2) is 4.39 Å². The predicted octanol–water partition coefficient (Wildman–Crippen LogP) is 1.63. The minimum Gasteiger partial charge on any atom is -0.378 e. The Bertz CT molecular complexity index is 775. The van der Waals surface area contributed by atoms with E-state index in [0.717, 1.165) is 25.9 Å². The van der Waals surface area contributed by atoms with Crippen molar-refractivity contribution in [1.82, 2.24) is 15.0 Å². The summed E-state index contributed by atoms with van der Waals surface area (Å²) in [7, 11) is 0. The van der Waals surface area contributed by atoms with Gasteiger partial charge in [0.1, 0.15) is 5.82 Å². The second kappa shape index (κ2) is 12.2. The molecular formula is C20H30FN7O2. The molecule has 0 spiro atoms. The highest BCUT2D eigenvalue weighted by molar-refractivity contribution is 5.44. The minimum absolute atomic E-state index is 0.259. The highest BCUT2D eigenvalue weighted by atomic mass is 19.1. The first-order valence-corrected chi connectivity index (χ1v) is 10.3. The Labute approximate surface area is 176 Å². The number of aromatic nitrogens is 3. The molecule has 1 aromatic heterocycles. The monoisotopic (exact) mass is 419 g/mol. The summed E-state index contributed by atoms with van der Waals surface area (Å²) >= 11 is 0. The van der Waals surface area contributed by atoms with Crippen LogP contribution in [-0.2, 0) is 16.0 Å². The summed E-state index contributed by atoms with van der Waals surface area (Å²) < 4.78 is 24.7. The lowest BCUT2D eigenvalue weighted by molar-refractivity contribution is 0.0547. The SMILES string of the molecule is NCCOCCOCCNc1nc(NCc2ccccc2F)nc(N2CCCC2)n1. The Balaban J connectivity index is 1.55. The van der Waals surface area contributed by atoms with Crippen LogP contribution in [0.25, 0.3) is 0 Å². The van der Waals surface area contributed by atoms with Gasteiger partial charge in [-0.05, 0) is 18.9 Å². The average molecular weight is 420 g/mol. The summed E-state index contributed by atoms with van der Waals surface area (Å²) in [5, 5.41) is 6.28. The molecule has 1 aromatic carbocycles. The number of hydrogen-bond acceptors (Lipinski definition) is 9. The van der Waals surface area contributed by atoms with Gasteiger partial charge in [0.15, 0.2) is 0 Å². The summed E-state index contributed by atoms with van der Waals surface area (Å²) in [6.45, 7) is 5.25. The molecular weight excluding hydrogens is 389 g/mol. The molecule has 1 saturated heterocycles. The van der Waals surface area contributed by atoms with Gasteiger partial charge in [0, 0.05) is 38.3 Å². The van der Waals surface area contributed by atoms with E-state index in [4.69, 9.17) is 15.2 Å². The van der Waals surface area contributed by atoms with Crippen LogP contribution >= 0.6 is 0 Å². The third-order valence-electron chi connectivity index (χ3n) is 4.57. The summed E-state index contributed by atoms with van der Waals surface area (Å²) in [6.07, 6.45) is 2.24. The number of nitrogens with two attached hydrogens (primary N) is 1. The smallest absolute Gasteiger partial charge is 0.231 e. The van der Waals surface area contributed by atoms with Gasteiger partial charge in [0.05, 0.1) is 26.4 Å². The zero-order valence-corrected chi connectivity index (χ0v) is 17.1. The van der Waals surface area contributed by atoms with Crippen LogP contribution < -0.4 is 21.3 Å². The highest BCUT2D eigenvalue weighted by Crippen LogP contribution is 2.19. The van der Waals surface area contributed by atoms with Crippen molar-refractivity contribution < 1.29 is 13.9 Å². The van der Waals surface area contributed by atoms with E-state index >= 15 is 0 Å². The number of anilines is 3. The average Bonchev–Trinajstić information content (AvgIpc) is 3.30. The third kappa shape index (κ3) is 7.05. The van der Waals surface area contributed by atoms with Crippen LogP contribution in [0.15, 0.2) is 24.3 Å². The van der Waals surface area contributed by atoms with Gasteiger partial charge in [-0.15, -0.1) is 0 Å². The molecule has 0 aliphatic carbocycles. The van der Waals surface area contributed by atoms with Gasteiger partial charge in [-0.2, -0.15) is 15.0 Å². The molecule has 1 fully saturated rings. The summed E-state index contributed by atoms with van der Waals surface area (Å²) in [6, 6.07) is 6.64. The molecule has 0 bridgehead atoms. The molecule has 0 amide bonds. The molecule has 1 aliphatic rings. The normalized spacial score (nSPS) is 13.6. The maximum Gasteiger partial charge on any atom is 0.231 e. The van der Waals surface area contributed by atoms with Crippen molar-refractivity contribution in [2.24, 2.45) is 5.73 Å². The van der Waals surface area contributed by atoms with Crippen molar-refractivity contribution in [2.45, 2.75) is 19.4 Å². The van der Waals surface area contributed by atoms with E-state index in [1.807, 2.05) is 0 Å². The molecule has 10 heteroatoms. The molecule has 2 heterocycles. The van der Waals surface area contributed by atoms with E-state index in [-0.39, 0.29) is 5.82 Å². The maximum absolute atomic E-state index is 13.9. The van der Waals surface area contributed by atoms with E-state index < -0.39 is 0 Å². The molecule has 0 atom stereocenters. The zero-order valence-electron chi connectivity index (χ0n) is 17.1. The van der Waals surface area contributed by atoms with Crippen LogP contribution in [0.2, 0.25) is 0 Å². The molecule has 0 saturated carbocycles. The number of halogens is 1. The molecule has 30 heavy (non-hydrogen) atoms. The van der Waals surface area contributed by atoms with Gasteiger partial charge in [0.25, 0.3) is 0 Å². The van der Waals surface area contributed by atoms with Gasteiger partial charge in [-0.1, -0.05) is 18.2 Å². The summed E-state index contributed by atoms with van der Waals surface area (Å²) in [4.78, 5) is 15.6. The zero-order chi connectivity index (χ0) is 21.0. The third-order valence-corrected chi connectivity index (χ3v) is 4.57. The second-order valence-corrected chi connectivity index (χ2v) is 6.86. The van der Waals surface area contributed by atoms with Crippen LogP contribution in [0.3, 0.4) is 0 Å². The Hall–Kier alpha value is -2.56. The lowest BCUT2D eigenvalue weighted by Gasteiger charge is -2.17. The predicted molar refractivity (Wildman–Crippen MR) is 114 cm³/mol. The van der Waals surface area contributed by atoms with Crippen LogP contribution in [0.1, 0.15) is 18.4 Å². The molecule has 1 aliphatic heterocycles. The van der Waals surface area contributed by atoms with Crippen molar-refractivity contribution in [1.29, 1.82) is 0 Å². The number of benzene rings is 1. The van der Waals surface area contributed by atoms with Crippen molar-refractivity contribution in [2.75, 3.05) is 68.1 Å². The molecule has 164 valence electrons. The van der Waals surface area contributed by atoms with E-state index in [9.17, 15) is 4.39 Å². The summed E-state index contributed by atoms with van der Waals surface area (Å²) in [5.41, 5.74) is 5.92. The van der Waals surface area contributed by atoms with E-state index in [0.29, 0.717) is 69.5 Å². The quantitative estimate of drug-likeness (QED) is 0.417. The van der Waals surface area contributed by atoms with Crippen LogP contribution in [0.4, 0.5) is 22.2 Å². The second-order valence-electron chi connectivity index (χ2n) is 6.86. The molecule has 4 N–H and O–H groups in total. The molecule has 3 rings (SSSR count). The van der Waals surface area contributed by atoms with Crippen molar-refractivity contribution >= 4 is 17.8 Å². The van der Waals surface area contributed by atoms with Crippen molar-refractivity contribution in [3.8, 4) is 0 Å². The lowest BCUT2D eigenvalue weighted by atomic mass is 10.2. The first kappa shape index (κ1) is 22.1. The van der Waals surface area contributed by atoms with Gasteiger partial charge < -0.3 is 30.7 Å². The minimum atomic E-state index is -0.259. The highest BCUT2D eigenvalue weighted by Gasteiger charge is 2.17. The Kier molecular flexibility index (Phi) is 9.01. The lowest BCUT2D eigenvalue weighted by Crippen LogP contribution is -2.23. The van der Waals surface area contributed by atoms with Gasteiger partial charge >= 0.3 is 0 Å². The Morgan fingerprint density at radius 3 is 2.37 bits per heavy atom. The number of ether oxygens (including phenoxy) is 2. The first-order chi connectivity index (χ1) is 14.8. The molecule has 0 radical (unpaired) electrons. The van der Waals surface area contributed by atoms with Crippen molar-refractivity contribution in [3.05, 3.63) is 35.6 Å². The maximum atomic E-state index is 13.9. The summed E-state index contributed by atoms with van der Waals surface area (Å²) in [5.74, 6) is 1.24. The molecule has 9 nitrogen and oxygen atoms in total. The topological polar surface area (TPSA) is 110 Å². The largest absolute Gasteiger partial charge is 0.378 e. The standard InChI is InChI=1S/C20H30FN7O2/c21-17-6-2-1-5-16(17)15-24-19-25-18(23-8-12-30-14-13-29-11-7-22)26-20(27-19)28-9-3-4-10-28/h1-2,5-6H,3-4,7-15,22H2,(H2,23,24,25,26,27). The van der Waals surface area contributed by atoms with Crippen molar-refractivity contribution in [3.63, 3.8) is 0 Å². The number of hydrogen-bond donors (Lipinski definition) is 3. The Morgan fingerprint density at radius 1 is 0.933 bits per heavy atom. The van der Waals surface area contributed by atoms with Crippen LogP contribution in [-0.4, -0.2) is 67.6 Å². The van der Waals surface area contributed by atoms with E-state index in [1.165, 1.54) is 6.07 Å². The fourth-order valence-electron chi connectivity index (χ4n) is 3.04. The van der Waals surface area contributed by atoms with Gasteiger partial charge in [-0.3, -0.25) is 0 Å². The van der Waals surface area contributed by atoms with E-state index in [1.54, 1.807) is 18.2 Å². The number of rotatable bonds is 13. The first-order valence-electron chi connectivity index (χ1n) is 10.3. The fraction of sp³-hybridized carbons (Fsp3) is 0.550. The molecule has 0 unspecified atom stereocenters. The van der Waals surface area contributed by atoms with E-state index in [2.05, 4.69) is 30.5 Å².